The molecular weight excluding hydrogens is 452 g/mol. The van der Waals surface area contributed by atoms with E-state index in [0.717, 1.165) is 6.42 Å². The molecule has 3 rings (SSSR count). The number of hydrogen-bond acceptors (Lipinski definition) is 6. The highest BCUT2D eigenvalue weighted by molar-refractivity contribution is 9.10. The second-order valence-corrected chi connectivity index (χ2v) is 7.21. The molecule has 7 nitrogen and oxygen atoms in total. The van der Waals surface area contributed by atoms with Gasteiger partial charge < -0.3 is 24.3 Å². The molecule has 0 spiro atoms. The first-order valence-electron chi connectivity index (χ1n) is 9.38. The summed E-state index contributed by atoms with van der Waals surface area (Å²) in [5, 5.41) is 12.2. The highest BCUT2D eigenvalue weighted by Gasteiger charge is 2.16. The van der Waals surface area contributed by atoms with Crippen molar-refractivity contribution in [1.82, 2.24) is 0 Å². The van der Waals surface area contributed by atoms with Gasteiger partial charge >= 0.3 is 0 Å². The summed E-state index contributed by atoms with van der Waals surface area (Å²) in [4.78, 5) is 12.6. The van der Waals surface area contributed by atoms with Gasteiger partial charge in [0.2, 0.25) is 0 Å². The second kappa shape index (κ2) is 10.0. The topological polar surface area (TPSA) is 89.8 Å². The Morgan fingerprint density at radius 1 is 1.23 bits per heavy atom. The number of amides is 1. The lowest BCUT2D eigenvalue weighted by Crippen LogP contribution is -2.17. The summed E-state index contributed by atoms with van der Waals surface area (Å²) in [6.45, 7) is 3.50. The van der Waals surface area contributed by atoms with E-state index < -0.39 is 5.91 Å². The summed E-state index contributed by atoms with van der Waals surface area (Å²) < 4.78 is 22.7. The van der Waals surface area contributed by atoms with Gasteiger partial charge in [0, 0.05) is 16.2 Å². The average molecular weight is 473 g/mol. The molecule has 0 saturated carbocycles. The van der Waals surface area contributed by atoms with E-state index in [0.29, 0.717) is 58.5 Å². The SMILES string of the molecule is CCCOc1cc(Br)c(/C=C(/C#N)C(=O)Nc2ccc3c(c2)OCCO3)cc1OC. The molecule has 1 N–H and O–H groups in total. The molecule has 0 fully saturated rings. The van der Waals surface area contributed by atoms with Gasteiger partial charge in [-0.05, 0) is 42.3 Å². The van der Waals surface area contributed by atoms with Crippen molar-refractivity contribution < 1.29 is 23.7 Å². The zero-order valence-corrected chi connectivity index (χ0v) is 18.2. The standard InChI is InChI=1S/C22H21BrN2O5/c1-3-6-28-21-12-17(23)14(10-19(21)27-2)9-15(13-24)22(26)25-16-4-5-18-20(11-16)30-8-7-29-18/h4-5,9-12H,3,6-8H2,1-2H3,(H,25,26)/b15-9-. The number of carbonyl (C=O) groups excluding carboxylic acids is 1. The normalized spacial score (nSPS) is 12.7. The number of methoxy groups -OCH3 is 1. The fourth-order valence-corrected chi connectivity index (χ4v) is 3.21. The third-order valence-corrected chi connectivity index (χ3v) is 4.90. The van der Waals surface area contributed by atoms with Crippen molar-refractivity contribution in [3.8, 4) is 29.1 Å². The predicted molar refractivity (Wildman–Crippen MR) is 116 cm³/mol. The third-order valence-electron chi connectivity index (χ3n) is 4.21. The molecule has 0 atom stereocenters. The van der Waals surface area contributed by atoms with Crippen LogP contribution in [0.1, 0.15) is 18.9 Å². The number of carbonyl (C=O) groups is 1. The number of nitriles is 1. The molecule has 8 heteroatoms. The number of halogens is 1. The highest BCUT2D eigenvalue weighted by atomic mass is 79.9. The number of nitrogens with one attached hydrogen (secondary N) is 1. The van der Waals surface area contributed by atoms with Crippen LogP contribution in [0.5, 0.6) is 23.0 Å². The quantitative estimate of drug-likeness (QED) is 0.469. The lowest BCUT2D eigenvalue weighted by atomic mass is 10.1. The zero-order valence-electron chi connectivity index (χ0n) is 16.7. The minimum atomic E-state index is -0.536. The predicted octanol–water partition coefficient (Wildman–Crippen LogP) is 4.56. The molecule has 2 aromatic rings. The van der Waals surface area contributed by atoms with Crippen LogP contribution in [-0.4, -0.2) is 32.8 Å². The number of rotatable bonds is 7. The van der Waals surface area contributed by atoms with Crippen molar-refractivity contribution in [2.75, 3.05) is 32.2 Å². The molecule has 0 aromatic heterocycles. The summed E-state index contributed by atoms with van der Waals surface area (Å²) in [5.74, 6) is 1.74. The summed E-state index contributed by atoms with van der Waals surface area (Å²) >= 11 is 3.47. The molecular formula is C22H21BrN2O5. The van der Waals surface area contributed by atoms with Crippen LogP contribution in [0, 0.1) is 11.3 Å². The zero-order chi connectivity index (χ0) is 21.5. The molecule has 0 aliphatic carbocycles. The Balaban J connectivity index is 1.82. The van der Waals surface area contributed by atoms with Gasteiger partial charge in [0.25, 0.3) is 5.91 Å². The van der Waals surface area contributed by atoms with Crippen LogP contribution in [0.3, 0.4) is 0 Å². The summed E-state index contributed by atoms with van der Waals surface area (Å²) in [6, 6.07) is 10.5. The molecule has 0 bridgehead atoms. The van der Waals surface area contributed by atoms with Crippen LogP contribution in [0.25, 0.3) is 6.08 Å². The smallest absolute Gasteiger partial charge is 0.266 e. The Morgan fingerprint density at radius 2 is 2.00 bits per heavy atom. The highest BCUT2D eigenvalue weighted by Crippen LogP contribution is 2.35. The summed E-state index contributed by atoms with van der Waals surface area (Å²) in [5.41, 5.74) is 1.06. The van der Waals surface area contributed by atoms with Gasteiger partial charge in [-0.15, -0.1) is 0 Å². The van der Waals surface area contributed by atoms with E-state index in [1.165, 1.54) is 13.2 Å². The molecule has 2 aromatic carbocycles. The first-order chi connectivity index (χ1) is 14.5. The Morgan fingerprint density at radius 3 is 2.70 bits per heavy atom. The minimum absolute atomic E-state index is 0.0603. The fraction of sp³-hybridized carbons (Fsp3) is 0.273. The van der Waals surface area contributed by atoms with Crippen LogP contribution in [-0.2, 0) is 4.79 Å². The van der Waals surface area contributed by atoms with E-state index in [4.69, 9.17) is 18.9 Å². The summed E-state index contributed by atoms with van der Waals surface area (Å²) in [7, 11) is 1.54. The van der Waals surface area contributed by atoms with Crippen LogP contribution < -0.4 is 24.3 Å². The Bertz CT molecular complexity index is 1010. The Hall–Kier alpha value is -3.18. The molecule has 156 valence electrons. The molecule has 0 saturated heterocycles. The first-order valence-corrected chi connectivity index (χ1v) is 10.2. The van der Waals surface area contributed by atoms with E-state index in [1.54, 1.807) is 30.3 Å². The molecule has 1 aliphatic rings. The van der Waals surface area contributed by atoms with Crippen molar-refractivity contribution in [2.45, 2.75) is 13.3 Å². The van der Waals surface area contributed by atoms with E-state index >= 15 is 0 Å². The molecule has 30 heavy (non-hydrogen) atoms. The van der Waals surface area contributed by atoms with Crippen molar-refractivity contribution >= 4 is 33.6 Å². The maximum absolute atomic E-state index is 12.6. The van der Waals surface area contributed by atoms with Crippen LogP contribution in [0.15, 0.2) is 40.4 Å². The van der Waals surface area contributed by atoms with Crippen LogP contribution in [0.4, 0.5) is 5.69 Å². The van der Waals surface area contributed by atoms with Crippen molar-refractivity contribution in [2.24, 2.45) is 0 Å². The number of fused-ring (bicyclic) bond motifs is 1. The summed E-state index contributed by atoms with van der Waals surface area (Å²) in [6.07, 6.45) is 2.35. The Labute approximate surface area is 183 Å². The second-order valence-electron chi connectivity index (χ2n) is 6.36. The van der Waals surface area contributed by atoms with Gasteiger partial charge in [0.15, 0.2) is 23.0 Å². The van der Waals surface area contributed by atoms with Crippen molar-refractivity contribution in [3.05, 3.63) is 45.9 Å². The van der Waals surface area contributed by atoms with Crippen LogP contribution in [0.2, 0.25) is 0 Å². The number of benzene rings is 2. The molecule has 1 aliphatic heterocycles. The number of anilines is 1. The maximum Gasteiger partial charge on any atom is 0.266 e. The van der Waals surface area contributed by atoms with Gasteiger partial charge in [0.05, 0.1) is 13.7 Å². The van der Waals surface area contributed by atoms with E-state index in [9.17, 15) is 10.1 Å². The molecule has 1 amide bonds. The van der Waals surface area contributed by atoms with E-state index in [1.807, 2.05) is 13.0 Å². The van der Waals surface area contributed by atoms with Crippen molar-refractivity contribution in [3.63, 3.8) is 0 Å². The lowest BCUT2D eigenvalue weighted by Gasteiger charge is -2.19. The molecule has 0 unspecified atom stereocenters. The monoisotopic (exact) mass is 472 g/mol. The number of hydrogen-bond donors (Lipinski definition) is 1. The largest absolute Gasteiger partial charge is 0.493 e. The van der Waals surface area contributed by atoms with Crippen molar-refractivity contribution in [1.29, 1.82) is 5.26 Å². The van der Waals surface area contributed by atoms with E-state index in [2.05, 4.69) is 21.2 Å². The van der Waals surface area contributed by atoms with Gasteiger partial charge in [-0.25, -0.2) is 0 Å². The minimum Gasteiger partial charge on any atom is -0.493 e. The maximum atomic E-state index is 12.6. The lowest BCUT2D eigenvalue weighted by molar-refractivity contribution is -0.112. The van der Waals surface area contributed by atoms with Crippen LogP contribution >= 0.6 is 15.9 Å². The van der Waals surface area contributed by atoms with Gasteiger partial charge in [-0.2, -0.15) is 5.26 Å². The fourth-order valence-electron chi connectivity index (χ4n) is 2.77. The Kier molecular flexibility index (Phi) is 7.20. The first kappa shape index (κ1) is 21.5. The number of nitrogens with zero attached hydrogens (tertiary/aromatic N) is 1. The third kappa shape index (κ3) is 5.05. The van der Waals surface area contributed by atoms with Gasteiger partial charge in [0.1, 0.15) is 24.9 Å². The van der Waals surface area contributed by atoms with Gasteiger partial charge in [-0.3, -0.25) is 4.79 Å². The number of ether oxygens (including phenoxy) is 4. The average Bonchev–Trinajstić information content (AvgIpc) is 2.76. The van der Waals surface area contributed by atoms with E-state index in [-0.39, 0.29) is 5.57 Å². The van der Waals surface area contributed by atoms with Gasteiger partial charge in [-0.1, -0.05) is 22.9 Å². The molecule has 1 heterocycles. The molecule has 0 radical (unpaired) electrons.